The molecule has 0 bridgehead atoms. The van der Waals surface area contributed by atoms with E-state index >= 15 is 0 Å². The van der Waals surface area contributed by atoms with Crippen LogP contribution in [0, 0.1) is 0 Å². The van der Waals surface area contributed by atoms with Crippen molar-refractivity contribution in [1.82, 2.24) is 4.90 Å². The Bertz CT molecular complexity index is 2040. The first-order valence-corrected chi connectivity index (χ1v) is 32.9. The summed E-state index contributed by atoms with van der Waals surface area (Å²) in [6.45, 7) is 17.4. The molecule has 79 heavy (non-hydrogen) atoms. The molecule has 6 rings (SSSR count). The molecule has 3 aromatic carbocycles. The quantitative estimate of drug-likeness (QED) is 0.0520. The molecule has 0 aliphatic carbocycles. The molecule has 0 aromatic heterocycles. The van der Waals surface area contributed by atoms with Crippen molar-refractivity contribution in [2.75, 3.05) is 39.6 Å². The third-order valence-corrected chi connectivity index (χ3v) is 15.8. The van der Waals surface area contributed by atoms with Gasteiger partial charge in [-0.3, -0.25) is 4.90 Å². The molecule has 3 aliphatic heterocycles. The lowest BCUT2D eigenvalue weighted by Crippen LogP contribution is -2.48. The predicted octanol–water partition coefficient (Wildman–Crippen LogP) is 21.0. The maximum Gasteiger partial charge on any atom is 0.163 e. The number of rotatable bonds is 48. The SMILES string of the molecule is CCCCCCCCOc1cc2c(cc1OCCCCCCCC)C1=Nc3cc(OCCCCCCCC)c(OCCCCCCCC)cc3C3=Nc4cc(OCCCCCCCC)c(OCCCCCCCC)cc4C(=N2)N13. The van der Waals surface area contributed by atoms with E-state index in [0.717, 1.165) is 163 Å². The number of fused-ring (bicyclic) bond motifs is 6. The number of benzene rings is 3. The van der Waals surface area contributed by atoms with Crippen LogP contribution < -0.4 is 28.4 Å². The van der Waals surface area contributed by atoms with Crippen LogP contribution in [0.4, 0.5) is 17.1 Å². The molecule has 0 saturated carbocycles. The van der Waals surface area contributed by atoms with Gasteiger partial charge in [0.1, 0.15) is 17.5 Å². The first-order valence-electron chi connectivity index (χ1n) is 32.9. The number of ether oxygens (including phenoxy) is 6. The fraction of sp³-hybridized carbons (Fsp3) is 0.696. The Labute approximate surface area is 480 Å². The smallest absolute Gasteiger partial charge is 0.163 e. The Kier molecular flexibility index (Phi) is 30.6. The molecule has 3 aliphatic rings. The van der Waals surface area contributed by atoms with Gasteiger partial charge in [-0.25, -0.2) is 15.0 Å². The van der Waals surface area contributed by atoms with Crippen LogP contribution in [0.1, 0.15) is 289 Å². The lowest BCUT2D eigenvalue weighted by atomic mass is 9.97. The first kappa shape index (κ1) is 63.5. The molecule has 3 aromatic rings. The highest BCUT2D eigenvalue weighted by Crippen LogP contribution is 2.49. The van der Waals surface area contributed by atoms with Crippen LogP contribution in [0.15, 0.2) is 51.4 Å². The van der Waals surface area contributed by atoms with E-state index in [9.17, 15) is 0 Å². The molecule has 0 atom stereocenters. The molecule has 0 radical (unpaired) electrons. The Hall–Kier alpha value is -4.73. The molecule has 3 heterocycles. The van der Waals surface area contributed by atoms with E-state index in [2.05, 4.69) is 82.8 Å². The normalized spacial score (nSPS) is 13.0. The fourth-order valence-corrected chi connectivity index (χ4v) is 10.9. The molecule has 0 unspecified atom stereocenters. The first-order chi connectivity index (χ1) is 39.0. The summed E-state index contributed by atoms with van der Waals surface area (Å²) in [4.78, 5) is 19.0. The maximum absolute atomic E-state index is 6.74. The summed E-state index contributed by atoms with van der Waals surface area (Å²) in [5.41, 5.74) is 5.02. The van der Waals surface area contributed by atoms with Crippen molar-refractivity contribution in [2.45, 2.75) is 273 Å². The van der Waals surface area contributed by atoms with Gasteiger partial charge in [0, 0.05) is 34.9 Å². The minimum atomic E-state index is 0.623. The highest BCUT2D eigenvalue weighted by molar-refractivity contribution is 6.36. The Balaban J connectivity index is 1.44. The van der Waals surface area contributed by atoms with Gasteiger partial charge in [-0.2, -0.15) is 0 Å². The summed E-state index contributed by atoms with van der Waals surface area (Å²) in [5.74, 6) is 6.67. The van der Waals surface area contributed by atoms with Crippen LogP contribution in [0.3, 0.4) is 0 Å². The molecular formula is C69H108N4O6. The maximum atomic E-state index is 6.74. The van der Waals surface area contributed by atoms with Crippen molar-refractivity contribution >= 4 is 34.6 Å². The van der Waals surface area contributed by atoms with Gasteiger partial charge in [-0.15, -0.1) is 0 Å². The van der Waals surface area contributed by atoms with Gasteiger partial charge in [0.2, 0.25) is 0 Å². The number of amidine groups is 3. The summed E-state index contributed by atoms with van der Waals surface area (Å²) in [6, 6.07) is 12.7. The van der Waals surface area contributed by atoms with E-state index in [1.807, 2.05) is 0 Å². The zero-order valence-electron chi connectivity index (χ0n) is 50.9. The monoisotopic (exact) mass is 1090 g/mol. The van der Waals surface area contributed by atoms with E-state index in [0.29, 0.717) is 39.6 Å². The van der Waals surface area contributed by atoms with Crippen molar-refractivity contribution in [2.24, 2.45) is 15.0 Å². The Morgan fingerprint density at radius 1 is 0.241 bits per heavy atom. The largest absolute Gasteiger partial charge is 0.490 e. The molecule has 440 valence electrons. The van der Waals surface area contributed by atoms with E-state index < -0.39 is 0 Å². The van der Waals surface area contributed by atoms with Crippen molar-refractivity contribution in [3.8, 4) is 34.5 Å². The van der Waals surface area contributed by atoms with Gasteiger partial charge >= 0.3 is 0 Å². The molecule has 10 heteroatoms. The fourth-order valence-electron chi connectivity index (χ4n) is 10.9. The Morgan fingerprint density at radius 2 is 0.418 bits per heavy atom. The van der Waals surface area contributed by atoms with Crippen molar-refractivity contribution in [3.63, 3.8) is 0 Å². The third-order valence-electron chi connectivity index (χ3n) is 15.8. The number of aliphatic imine (C=N–C) groups is 3. The zero-order valence-corrected chi connectivity index (χ0v) is 50.9. The summed E-state index contributed by atoms with van der Waals surface area (Å²) in [6.07, 6.45) is 43.0. The predicted molar refractivity (Wildman–Crippen MR) is 333 cm³/mol. The topological polar surface area (TPSA) is 95.7 Å². The van der Waals surface area contributed by atoms with Crippen LogP contribution >= 0.6 is 0 Å². The summed E-state index contributed by atoms with van der Waals surface area (Å²) >= 11 is 0. The minimum absolute atomic E-state index is 0.623. The average molecular weight is 1090 g/mol. The summed E-state index contributed by atoms with van der Waals surface area (Å²) in [7, 11) is 0. The van der Waals surface area contributed by atoms with Crippen molar-refractivity contribution in [1.29, 1.82) is 0 Å². The van der Waals surface area contributed by atoms with Crippen LogP contribution in [0.2, 0.25) is 0 Å². The van der Waals surface area contributed by atoms with Gasteiger partial charge < -0.3 is 28.4 Å². The van der Waals surface area contributed by atoms with E-state index in [1.54, 1.807) is 0 Å². The molecule has 10 nitrogen and oxygen atoms in total. The second kappa shape index (κ2) is 38.1. The second-order valence-electron chi connectivity index (χ2n) is 22.8. The average Bonchev–Trinajstić information content (AvgIpc) is 3.52. The minimum Gasteiger partial charge on any atom is -0.490 e. The zero-order chi connectivity index (χ0) is 55.5. The van der Waals surface area contributed by atoms with Gasteiger partial charge in [-0.05, 0) is 56.7 Å². The lowest BCUT2D eigenvalue weighted by Gasteiger charge is -2.39. The number of hydrogen-bond acceptors (Lipinski definition) is 10. The molecule has 0 saturated heterocycles. The van der Waals surface area contributed by atoms with Gasteiger partial charge in [0.05, 0.1) is 56.7 Å². The second-order valence-corrected chi connectivity index (χ2v) is 22.8. The third kappa shape index (κ3) is 21.0. The van der Waals surface area contributed by atoms with E-state index in [1.165, 1.54) is 154 Å². The number of unbranched alkanes of at least 4 members (excludes halogenated alkanes) is 30. The lowest BCUT2D eigenvalue weighted by molar-refractivity contribution is 0.258. The molecular weight excluding hydrogens is 981 g/mol. The standard InChI is InChI=1S/C69H108N4O6/c1-7-13-19-25-31-37-43-74-61-49-55-58(52-64(61)77-46-40-34-28-22-16-10-4)70-68-57-51-63(76-45-39-33-27-21-15-9-3)66(79-48-42-36-30-24-18-12-6)54-60(57)72-69-56-50-62(75-44-38-32-26-20-14-8-2)65(53-59(56)71-67(55)73(68)69)78-47-41-35-29-23-17-11-5/h49-54H,7-48H2,1-6H3. The van der Waals surface area contributed by atoms with Crippen molar-refractivity contribution < 1.29 is 28.4 Å². The van der Waals surface area contributed by atoms with Gasteiger partial charge in [0.15, 0.2) is 34.5 Å². The summed E-state index contributed by atoms with van der Waals surface area (Å²) in [5, 5.41) is 0. The van der Waals surface area contributed by atoms with Crippen LogP contribution in [-0.4, -0.2) is 62.0 Å². The molecule has 0 fully saturated rings. The highest BCUT2D eigenvalue weighted by Gasteiger charge is 2.41. The summed E-state index contributed by atoms with van der Waals surface area (Å²) < 4.78 is 40.3. The number of hydrogen-bond donors (Lipinski definition) is 0. The van der Waals surface area contributed by atoms with Crippen molar-refractivity contribution in [3.05, 3.63) is 53.1 Å². The van der Waals surface area contributed by atoms with Crippen LogP contribution in [0.25, 0.3) is 0 Å². The molecule has 0 spiro atoms. The van der Waals surface area contributed by atoms with E-state index in [-0.39, 0.29) is 0 Å². The van der Waals surface area contributed by atoms with Crippen LogP contribution in [-0.2, 0) is 0 Å². The van der Waals surface area contributed by atoms with Gasteiger partial charge in [0.25, 0.3) is 0 Å². The van der Waals surface area contributed by atoms with E-state index in [4.69, 9.17) is 43.4 Å². The molecule has 0 N–H and O–H groups in total. The van der Waals surface area contributed by atoms with Gasteiger partial charge in [-0.1, -0.05) is 234 Å². The highest BCUT2D eigenvalue weighted by atomic mass is 16.5. The number of nitrogens with zero attached hydrogens (tertiary/aromatic N) is 4. The van der Waals surface area contributed by atoms with Crippen LogP contribution in [0.5, 0.6) is 34.5 Å². The molecule has 0 amide bonds. The Morgan fingerprint density at radius 3 is 0.620 bits per heavy atom.